The molecule has 0 aromatic rings. The number of halogens is 1. The second-order valence-corrected chi connectivity index (χ2v) is 4.77. The van der Waals surface area contributed by atoms with Crippen LogP contribution in [0.5, 0.6) is 0 Å². The highest BCUT2D eigenvalue weighted by molar-refractivity contribution is 14.1. The SMILES string of the molecule is CC(C)N[C@@H]1C(I)C[C@H]1O. The fourth-order valence-electron chi connectivity index (χ4n) is 1.17. The Labute approximate surface area is 75.5 Å². The quantitative estimate of drug-likeness (QED) is 0.568. The third-order valence-corrected chi connectivity index (χ3v) is 3.08. The molecular formula is C7H14INO. The van der Waals surface area contributed by atoms with Crippen LogP contribution in [0.15, 0.2) is 0 Å². The van der Waals surface area contributed by atoms with E-state index in [0.717, 1.165) is 6.42 Å². The average Bonchev–Trinajstić information content (AvgIpc) is 1.84. The van der Waals surface area contributed by atoms with E-state index >= 15 is 0 Å². The van der Waals surface area contributed by atoms with Crippen LogP contribution < -0.4 is 5.32 Å². The van der Waals surface area contributed by atoms with Crippen molar-refractivity contribution in [1.82, 2.24) is 5.32 Å². The Hall–Kier alpha value is 0.650. The molecule has 0 aliphatic heterocycles. The number of hydrogen-bond donors (Lipinski definition) is 2. The molecule has 0 radical (unpaired) electrons. The first-order chi connectivity index (χ1) is 4.61. The Bertz CT molecular complexity index is 110. The van der Waals surface area contributed by atoms with Crippen molar-refractivity contribution in [3.05, 3.63) is 0 Å². The molecule has 1 saturated carbocycles. The highest BCUT2D eigenvalue weighted by atomic mass is 127. The van der Waals surface area contributed by atoms with Gasteiger partial charge in [0, 0.05) is 16.0 Å². The minimum absolute atomic E-state index is 0.107. The number of rotatable bonds is 2. The van der Waals surface area contributed by atoms with Crippen molar-refractivity contribution in [3.63, 3.8) is 0 Å². The van der Waals surface area contributed by atoms with Crippen LogP contribution in [0.1, 0.15) is 20.3 Å². The molecule has 0 amide bonds. The molecule has 2 N–H and O–H groups in total. The van der Waals surface area contributed by atoms with Gasteiger partial charge < -0.3 is 10.4 Å². The van der Waals surface area contributed by atoms with Crippen LogP contribution in [0.25, 0.3) is 0 Å². The summed E-state index contributed by atoms with van der Waals surface area (Å²) in [4.78, 5) is 0. The van der Waals surface area contributed by atoms with Crippen molar-refractivity contribution in [2.24, 2.45) is 0 Å². The fourth-order valence-corrected chi connectivity index (χ4v) is 2.38. The maximum absolute atomic E-state index is 9.26. The van der Waals surface area contributed by atoms with Gasteiger partial charge in [0.25, 0.3) is 0 Å². The van der Waals surface area contributed by atoms with Gasteiger partial charge in [-0.25, -0.2) is 0 Å². The molecule has 0 aromatic heterocycles. The van der Waals surface area contributed by atoms with E-state index in [4.69, 9.17) is 0 Å². The van der Waals surface area contributed by atoms with E-state index in [2.05, 4.69) is 41.8 Å². The van der Waals surface area contributed by atoms with Crippen LogP contribution >= 0.6 is 22.6 Å². The van der Waals surface area contributed by atoms with Crippen LogP contribution in [0.3, 0.4) is 0 Å². The van der Waals surface area contributed by atoms with Crippen LogP contribution in [0.4, 0.5) is 0 Å². The lowest BCUT2D eigenvalue weighted by atomic mass is 9.89. The first-order valence-corrected chi connectivity index (χ1v) is 4.94. The summed E-state index contributed by atoms with van der Waals surface area (Å²) in [5, 5.41) is 12.6. The van der Waals surface area contributed by atoms with Crippen molar-refractivity contribution < 1.29 is 5.11 Å². The Balaban J connectivity index is 2.26. The number of nitrogens with one attached hydrogen (secondary N) is 1. The highest BCUT2D eigenvalue weighted by Crippen LogP contribution is 2.28. The Kier molecular flexibility index (Phi) is 2.94. The molecule has 1 aliphatic carbocycles. The van der Waals surface area contributed by atoms with E-state index in [0.29, 0.717) is 16.0 Å². The van der Waals surface area contributed by atoms with E-state index in [9.17, 15) is 5.11 Å². The van der Waals surface area contributed by atoms with Gasteiger partial charge in [-0.1, -0.05) is 36.4 Å². The zero-order valence-corrected chi connectivity index (χ0v) is 8.50. The lowest BCUT2D eigenvalue weighted by Crippen LogP contribution is -2.57. The summed E-state index contributed by atoms with van der Waals surface area (Å²) in [5.74, 6) is 0. The number of aliphatic hydroxyl groups is 1. The first-order valence-electron chi connectivity index (χ1n) is 3.69. The van der Waals surface area contributed by atoms with Gasteiger partial charge in [0.1, 0.15) is 0 Å². The molecular weight excluding hydrogens is 241 g/mol. The monoisotopic (exact) mass is 255 g/mol. The smallest absolute Gasteiger partial charge is 0.0714 e. The van der Waals surface area contributed by atoms with Gasteiger partial charge in [-0.05, 0) is 6.42 Å². The normalized spacial score (nSPS) is 39.9. The molecule has 10 heavy (non-hydrogen) atoms. The Morgan fingerprint density at radius 3 is 2.40 bits per heavy atom. The highest BCUT2D eigenvalue weighted by Gasteiger charge is 2.37. The molecule has 0 heterocycles. The molecule has 60 valence electrons. The van der Waals surface area contributed by atoms with E-state index in [-0.39, 0.29) is 6.10 Å². The standard InChI is InChI=1S/C7H14INO/c1-4(2)9-7-5(8)3-6(7)10/h4-7,9-10H,3H2,1-2H3/t5?,6-,7-/m1/s1. The van der Waals surface area contributed by atoms with Crippen molar-refractivity contribution in [2.45, 2.75) is 42.4 Å². The zero-order valence-electron chi connectivity index (χ0n) is 6.34. The van der Waals surface area contributed by atoms with Crippen molar-refractivity contribution in [2.75, 3.05) is 0 Å². The molecule has 3 heteroatoms. The van der Waals surface area contributed by atoms with Crippen molar-refractivity contribution in [3.8, 4) is 0 Å². The Morgan fingerprint density at radius 1 is 1.60 bits per heavy atom. The predicted octanol–water partition coefficient (Wildman–Crippen LogP) is 0.921. The summed E-state index contributed by atoms with van der Waals surface area (Å²) >= 11 is 2.38. The third kappa shape index (κ3) is 1.83. The van der Waals surface area contributed by atoms with Gasteiger partial charge >= 0.3 is 0 Å². The molecule has 0 saturated heterocycles. The summed E-state index contributed by atoms with van der Waals surface area (Å²) in [6.45, 7) is 4.21. The molecule has 1 unspecified atom stereocenters. The van der Waals surface area contributed by atoms with E-state index in [1.807, 2.05) is 0 Å². The zero-order chi connectivity index (χ0) is 7.72. The molecule has 0 aromatic carbocycles. The minimum Gasteiger partial charge on any atom is -0.391 e. The molecule has 1 rings (SSSR count). The number of alkyl halides is 1. The van der Waals surface area contributed by atoms with Crippen LogP contribution in [-0.4, -0.2) is 27.2 Å². The molecule has 0 bridgehead atoms. The molecule has 2 nitrogen and oxygen atoms in total. The van der Waals surface area contributed by atoms with Crippen LogP contribution in [0, 0.1) is 0 Å². The number of aliphatic hydroxyl groups excluding tert-OH is 1. The lowest BCUT2D eigenvalue weighted by Gasteiger charge is -2.40. The fraction of sp³-hybridized carbons (Fsp3) is 1.00. The first kappa shape index (κ1) is 8.74. The molecule has 1 aliphatic rings. The van der Waals surface area contributed by atoms with E-state index < -0.39 is 0 Å². The maximum atomic E-state index is 9.26. The average molecular weight is 255 g/mol. The van der Waals surface area contributed by atoms with Crippen LogP contribution in [-0.2, 0) is 0 Å². The van der Waals surface area contributed by atoms with Gasteiger partial charge in [-0.15, -0.1) is 0 Å². The second-order valence-electron chi connectivity index (χ2n) is 3.17. The molecule has 0 spiro atoms. The van der Waals surface area contributed by atoms with Gasteiger partial charge in [0.05, 0.1) is 6.10 Å². The maximum Gasteiger partial charge on any atom is 0.0714 e. The van der Waals surface area contributed by atoms with Gasteiger partial charge in [-0.2, -0.15) is 0 Å². The summed E-state index contributed by atoms with van der Waals surface area (Å²) in [6, 6.07) is 0.817. The van der Waals surface area contributed by atoms with Gasteiger partial charge in [0.15, 0.2) is 0 Å². The predicted molar refractivity (Wildman–Crippen MR) is 50.5 cm³/mol. The van der Waals surface area contributed by atoms with Crippen LogP contribution in [0.2, 0.25) is 0 Å². The summed E-state index contributed by atoms with van der Waals surface area (Å²) in [7, 11) is 0. The lowest BCUT2D eigenvalue weighted by molar-refractivity contribution is 0.0571. The topological polar surface area (TPSA) is 32.3 Å². The van der Waals surface area contributed by atoms with E-state index in [1.54, 1.807) is 0 Å². The molecule has 3 atom stereocenters. The summed E-state index contributed by atoms with van der Waals surface area (Å²) in [5.41, 5.74) is 0. The Morgan fingerprint density at radius 2 is 2.20 bits per heavy atom. The van der Waals surface area contributed by atoms with E-state index in [1.165, 1.54) is 0 Å². The van der Waals surface area contributed by atoms with Crippen molar-refractivity contribution in [1.29, 1.82) is 0 Å². The van der Waals surface area contributed by atoms with Crippen molar-refractivity contribution >= 4 is 22.6 Å². The molecule has 1 fully saturated rings. The van der Waals surface area contributed by atoms with Gasteiger partial charge in [0.2, 0.25) is 0 Å². The minimum atomic E-state index is -0.107. The summed E-state index contributed by atoms with van der Waals surface area (Å²) in [6.07, 6.45) is 0.842. The largest absolute Gasteiger partial charge is 0.391 e. The summed E-state index contributed by atoms with van der Waals surface area (Å²) < 4.78 is 0.620. The second kappa shape index (κ2) is 3.36. The van der Waals surface area contributed by atoms with Gasteiger partial charge in [-0.3, -0.25) is 0 Å². The third-order valence-electron chi connectivity index (χ3n) is 1.80. The number of hydrogen-bond acceptors (Lipinski definition) is 2.